The zero-order chi connectivity index (χ0) is 22.1. The van der Waals surface area contributed by atoms with E-state index in [0.717, 1.165) is 55.0 Å². The van der Waals surface area contributed by atoms with Gasteiger partial charge in [0.2, 0.25) is 11.9 Å². The first-order chi connectivity index (χ1) is 15.6. The van der Waals surface area contributed by atoms with Crippen LogP contribution < -0.4 is 4.90 Å². The maximum Gasteiger partial charge on any atom is 0.237 e. The summed E-state index contributed by atoms with van der Waals surface area (Å²) >= 11 is 0. The van der Waals surface area contributed by atoms with Crippen molar-refractivity contribution in [2.24, 2.45) is 0 Å². The van der Waals surface area contributed by atoms with Gasteiger partial charge in [-0.1, -0.05) is 19.1 Å². The maximum atomic E-state index is 12.1. The topological polar surface area (TPSA) is 76.4 Å². The smallest absolute Gasteiger partial charge is 0.237 e. The molecule has 32 heavy (non-hydrogen) atoms. The van der Waals surface area contributed by atoms with Gasteiger partial charge in [-0.25, -0.2) is 9.97 Å². The molecule has 1 atom stereocenters. The summed E-state index contributed by atoms with van der Waals surface area (Å²) < 4.78 is 7.62. The van der Waals surface area contributed by atoms with Gasteiger partial charge >= 0.3 is 0 Å². The van der Waals surface area contributed by atoms with E-state index in [1.165, 1.54) is 0 Å². The number of fused-ring (bicyclic) bond motifs is 1. The summed E-state index contributed by atoms with van der Waals surface area (Å²) in [6.45, 7) is 7.87. The van der Waals surface area contributed by atoms with Crippen LogP contribution in [-0.4, -0.2) is 69.2 Å². The molecular formula is C24H30N6O2. The number of piperidine rings is 1. The second-order valence-electron chi connectivity index (χ2n) is 8.68. The van der Waals surface area contributed by atoms with Crippen LogP contribution in [0.4, 0.5) is 5.82 Å². The Morgan fingerprint density at radius 3 is 2.75 bits per heavy atom. The van der Waals surface area contributed by atoms with E-state index in [-0.39, 0.29) is 11.9 Å². The Kier molecular flexibility index (Phi) is 5.78. The van der Waals surface area contributed by atoms with Gasteiger partial charge < -0.3 is 14.5 Å². The minimum atomic E-state index is 0.236. The quantitative estimate of drug-likeness (QED) is 0.628. The van der Waals surface area contributed by atoms with E-state index in [2.05, 4.69) is 22.9 Å². The molecule has 1 amide bonds. The largest absolute Gasteiger partial charge is 0.377 e. The molecular weight excluding hydrogens is 404 g/mol. The fourth-order valence-electron chi connectivity index (χ4n) is 4.74. The molecule has 168 valence electrons. The van der Waals surface area contributed by atoms with Crippen molar-refractivity contribution in [3.05, 3.63) is 42.4 Å². The summed E-state index contributed by atoms with van der Waals surface area (Å²) in [6, 6.07) is 10.4. The van der Waals surface area contributed by atoms with Crippen molar-refractivity contribution < 1.29 is 9.53 Å². The number of imidazole rings is 1. The van der Waals surface area contributed by atoms with E-state index in [0.29, 0.717) is 31.5 Å². The molecule has 2 aromatic heterocycles. The number of hydrogen-bond donors (Lipinski definition) is 0. The molecule has 0 radical (unpaired) electrons. The number of benzene rings is 1. The van der Waals surface area contributed by atoms with E-state index in [1.807, 2.05) is 40.7 Å². The van der Waals surface area contributed by atoms with Gasteiger partial charge in [-0.2, -0.15) is 4.98 Å². The predicted molar refractivity (Wildman–Crippen MR) is 123 cm³/mol. The molecule has 3 aromatic rings. The van der Waals surface area contributed by atoms with Crippen LogP contribution in [0, 0.1) is 0 Å². The lowest BCUT2D eigenvalue weighted by Gasteiger charge is -2.35. The standard InChI is InChI=1S/C24H30N6O2/c1-3-23(31)28-10-8-18(9-11-28)20-14-22(29-12-13-32-15-17(29)2)27-24(26-20)30-16-25-19-6-4-5-7-21(19)30/h4-7,14,16-18H,3,8-13,15H2,1-2H3. The van der Waals surface area contributed by atoms with Crippen molar-refractivity contribution in [2.45, 2.75) is 45.1 Å². The number of ether oxygens (including phenoxy) is 1. The highest BCUT2D eigenvalue weighted by atomic mass is 16.5. The number of anilines is 1. The van der Waals surface area contributed by atoms with Gasteiger partial charge in [0.05, 0.1) is 36.0 Å². The van der Waals surface area contributed by atoms with Gasteiger partial charge in [-0.15, -0.1) is 0 Å². The molecule has 8 heteroatoms. The molecule has 4 heterocycles. The first kappa shape index (κ1) is 20.9. The van der Waals surface area contributed by atoms with Crippen LogP contribution in [0.2, 0.25) is 0 Å². The van der Waals surface area contributed by atoms with Crippen molar-refractivity contribution >= 4 is 22.8 Å². The Hall–Kier alpha value is -3.00. The van der Waals surface area contributed by atoms with E-state index in [9.17, 15) is 4.79 Å². The van der Waals surface area contributed by atoms with Crippen molar-refractivity contribution in [2.75, 3.05) is 37.7 Å². The van der Waals surface area contributed by atoms with Crippen LogP contribution in [0.5, 0.6) is 0 Å². The van der Waals surface area contributed by atoms with Crippen LogP contribution in [0.3, 0.4) is 0 Å². The van der Waals surface area contributed by atoms with Crippen LogP contribution in [0.15, 0.2) is 36.7 Å². The Labute approximate surface area is 188 Å². The van der Waals surface area contributed by atoms with Crippen LogP contribution in [0.25, 0.3) is 17.0 Å². The lowest BCUT2D eigenvalue weighted by molar-refractivity contribution is -0.131. The molecule has 1 unspecified atom stereocenters. The first-order valence-corrected chi connectivity index (χ1v) is 11.6. The number of amides is 1. The summed E-state index contributed by atoms with van der Waals surface area (Å²) in [6.07, 6.45) is 4.21. The highest BCUT2D eigenvalue weighted by Gasteiger charge is 2.27. The van der Waals surface area contributed by atoms with Crippen LogP contribution >= 0.6 is 0 Å². The molecule has 2 aliphatic rings. The molecule has 5 rings (SSSR count). The number of nitrogens with zero attached hydrogens (tertiary/aromatic N) is 6. The number of carbonyl (C=O) groups is 1. The van der Waals surface area contributed by atoms with Gasteiger partial charge in [0.15, 0.2) is 0 Å². The number of carbonyl (C=O) groups excluding carboxylic acids is 1. The summed E-state index contributed by atoms with van der Waals surface area (Å²) in [4.78, 5) is 30.9. The Balaban J connectivity index is 1.52. The molecule has 2 saturated heterocycles. The third-order valence-electron chi connectivity index (χ3n) is 6.62. The van der Waals surface area contributed by atoms with E-state index < -0.39 is 0 Å². The molecule has 0 saturated carbocycles. The second-order valence-corrected chi connectivity index (χ2v) is 8.68. The molecule has 0 bridgehead atoms. The summed E-state index contributed by atoms with van der Waals surface area (Å²) in [5, 5.41) is 0. The van der Waals surface area contributed by atoms with Crippen molar-refractivity contribution in [1.82, 2.24) is 24.4 Å². The molecule has 0 N–H and O–H groups in total. The molecule has 2 aliphatic heterocycles. The monoisotopic (exact) mass is 434 g/mol. The van der Waals surface area contributed by atoms with Crippen LogP contribution in [0.1, 0.15) is 44.7 Å². The Bertz CT molecular complexity index is 1100. The summed E-state index contributed by atoms with van der Waals surface area (Å²) in [5.41, 5.74) is 2.97. The Morgan fingerprint density at radius 1 is 1.16 bits per heavy atom. The van der Waals surface area contributed by atoms with Gasteiger partial charge in [0.25, 0.3) is 0 Å². The normalized spacial score (nSPS) is 20.1. The number of para-hydroxylation sites is 2. The minimum Gasteiger partial charge on any atom is -0.377 e. The van der Waals surface area contributed by atoms with Crippen molar-refractivity contribution in [1.29, 1.82) is 0 Å². The number of likely N-dealkylation sites (tertiary alicyclic amines) is 1. The molecule has 1 aromatic carbocycles. The molecule has 0 aliphatic carbocycles. The molecule has 2 fully saturated rings. The van der Waals surface area contributed by atoms with Crippen molar-refractivity contribution in [3.63, 3.8) is 0 Å². The summed E-state index contributed by atoms with van der Waals surface area (Å²) in [7, 11) is 0. The van der Waals surface area contributed by atoms with Gasteiger partial charge in [-0.3, -0.25) is 9.36 Å². The third kappa shape index (κ3) is 3.95. The fraction of sp³-hybridized carbons (Fsp3) is 0.500. The van der Waals surface area contributed by atoms with Gasteiger partial charge in [0, 0.05) is 38.0 Å². The summed E-state index contributed by atoms with van der Waals surface area (Å²) in [5.74, 6) is 2.13. The number of aromatic nitrogens is 4. The maximum absolute atomic E-state index is 12.1. The van der Waals surface area contributed by atoms with E-state index in [1.54, 1.807) is 6.33 Å². The average molecular weight is 435 g/mol. The molecule has 8 nitrogen and oxygen atoms in total. The lowest BCUT2D eigenvalue weighted by atomic mass is 9.93. The predicted octanol–water partition coefficient (Wildman–Crippen LogP) is 3.16. The molecule has 0 spiro atoms. The van der Waals surface area contributed by atoms with Crippen LogP contribution in [-0.2, 0) is 9.53 Å². The zero-order valence-electron chi connectivity index (χ0n) is 18.8. The van der Waals surface area contributed by atoms with Gasteiger partial charge in [0.1, 0.15) is 12.1 Å². The fourth-order valence-corrected chi connectivity index (χ4v) is 4.74. The highest BCUT2D eigenvalue weighted by Crippen LogP contribution is 2.31. The van der Waals surface area contributed by atoms with Gasteiger partial charge in [-0.05, 0) is 31.9 Å². The number of hydrogen-bond acceptors (Lipinski definition) is 6. The third-order valence-corrected chi connectivity index (χ3v) is 6.62. The average Bonchev–Trinajstić information content (AvgIpc) is 3.28. The first-order valence-electron chi connectivity index (χ1n) is 11.6. The SMILES string of the molecule is CCC(=O)N1CCC(c2cc(N3CCOCC3C)nc(-n3cnc4ccccc43)n2)CC1. The lowest BCUT2D eigenvalue weighted by Crippen LogP contribution is -2.44. The van der Waals surface area contributed by atoms with Crippen molar-refractivity contribution in [3.8, 4) is 5.95 Å². The number of rotatable bonds is 4. The Morgan fingerprint density at radius 2 is 1.97 bits per heavy atom. The second kappa shape index (κ2) is 8.86. The number of morpholine rings is 1. The minimum absolute atomic E-state index is 0.236. The van der Waals surface area contributed by atoms with E-state index >= 15 is 0 Å². The highest BCUT2D eigenvalue weighted by molar-refractivity contribution is 5.77. The van der Waals surface area contributed by atoms with E-state index in [4.69, 9.17) is 14.7 Å². The zero-order valence-corrected chi connectivity index (χ0v) is 18.8.